The summed E-state index contributed by atoms with van der Waals surface area (Å²) in [4.78, 5) is 23.6. The van der Waals surface area contributed by atoms with E-state index in [1.807, 2.05) is 37.2 Å². The molecule has 2 fully saturated rings. The van der Waals surface area contributed by atoms with Gasteiger partial charge in [-0.15, -0.1) is 0 Å². The van der Waals surface area contributed by atoms with Crippen molar-refractivity contribution in [1.82, 2.24) is 20.6 Å². The normalized spacial score (nSPS) is 22.1. The summed E-state index contributed by atoms with van der Waals surface area (Å²) < 4.78 is 0. The highest BCUT2D eigenvalue weighted by Gasteiger charge is 2.23. The van der Waals surface area contributed by atoms with Crippen LogP contribution in [-0.4, -0.2) is 48.7 Å². The van der Waals surface area contributed by atoms with Gasteiger partial charge in [-0.05, 0) is 56.6 Å². The van der Waals surface area contributed by atoms with Crippen LogP contribution in [0.2, 0.25) is 0 Å². The van der Waals surface area contributed by atoms with Crippen molar-refractivity contribution < 1.29 is 4.79 Å². The number of hydrogen-bond donors (Lipinski definition) is 3. The molecule has 2 aliphatic rings. The Bertz CT molecular complexity index is 856. The number of anilines is 2. The Morgan fingerprint density at radius 1 is 1.00 bits per heavy atom. The van der Waals surface area contributed by atoms with E-state index in [4.69, 9.17) is 9.97 Å². The Kier molecular flexibility index (Phi) is 6.55. The molecule has 2 saturated carbocycles. The molecule has 2 aromatic rings. The van der Waals surface area contributed by atoms with Gasteiger partial charge in [0.15, 0.2) is 0 Å². The van der Waals surface area contributed by atoms with E-state index in [2.05, 4.69) is 22.0 Å². The lowest BCUT2D eigenvalue weighted by atomic mass is 9.86. The number of nitrogens with one attached hydrogen (secondary N) is 3. The summed E-state index contributed by atoms with van der Waals surface area (Å²) in [7, 11) is 4.03. The first-order valence-electron chi connectivity index (χ1n) is 11.3. The van der Waals surface area contributed by atoms with Gasteiger partial charge in [-0.25, -0.2) is 9.78 Å². The molecule has 162 valence electrons. The van der Waals surface area contributed by atoms with Crippen molar-refractivity contribution in [2.75, 3.05) is 30.9 Å². The quantitative estimate of drug-likeness (QED) is 0.673. The maximum Gasteiger partial charge on any atom is 0.315 e. The highest BCUT2D eigenvalue weighted by molar-refractivity contribution is 5.90. The number of aromatic nitrogens is 2. The van der Waals surface area contributed by atoms with Crippen molar-refractivity contribution in [2.24, 2.45) is 5.92 Å². The molecular formula is C23H34N6O. The second-order valence-electron chi connectivity index (χ2n) is 8.98. The lowest BCUT2D eigenvalue weighted by Crippen LogP contribution is -2.43. The van der Waals surface area contributed by atoms with Gasteiger partial charge in [0, 0.05) is 38.1 Å². The van der Waals surface area contributed by atoms with Crippen molar-refractivity contribution in [3.05, 3.63) is 24.3 Å². The average molecular weight is 411 g/mol. The number of urea groups is 1. The number of nitrogens with zero attached hydrogens (tertiary/aromatic N) is 3. The third-order valence-corrected chi connectivity index (χ3v) is 6.43. The highest BCUT2D eigenvalue weighted by Crippen LogP contribution is 2.28. The number of rotatable bonds is 6. The summed E-state index contributed by atoms with van der Waals surface area (Å²) in [5, 5.41) is 10.8. The third-order valence-electron chi connectivity index (χ3n) is 6.43. The van der Waals surface area contributed by atoms with Crippen molar-refractivity contribution in [1.29, 1.82) is 0 Å². The van der Waals surface area contributed by atoms with E-state index in [1.54, 1.807) is 0 Å². The number of fused-ring (bicyclic) bond motifs is 1. The first kappa shape index (κ1) is 20.7. The van der Waals surface area contributed by atoms with Gasteiger partial charge in [0.1, 0.15) is 5.82 Å². The lowest BCUT2D eigenvalue weighted by molar-refractivity contribution is 0.232. The predicted molar refractivity (Wildman–Crippen MR) is 122 cm³/mol. The fourth-order valence-electron chi connectivity index (χ4n) is 4.70. The zero-order valence-corrected chi connectivity index (χ0v) is 18.2. The summed E-state index contributed by atoms with van der Waals surface area (Å²) >= 11 is 0. The van der Waals surface area contributed by atoms with Crippen LogP contribution in [0.1, 0.15) is 51.4 Å². The first-order valence-corrected chi connectivity index (χ1v) is 11.3. The van der Waals surface area contributed by atoms with Crippen LogP contribution in [0, 0.1) is 5.92 Å². The van der Waals surface area contributed by atoms with Crippen LogP contribution >= 0.6 is 0 Å². The molecule has 3 N–H and O–H groups in total. The number of hydrogen-bond acceptors (Lipinski definition) is 5. The van der Waals surface area contributed by atoms with Crippen LogP contribution in [0.25, 0.3) is 10.9 Å². The van der Waals surface area contributed by atoms with Crippen LogP contribution in [-0.2, 0) is 0 Å². The van der Waals surface area contributed by atoms with Crippen molar-refractivity contribution in [2.45, 2.75) is 63.5 Å². The van der Waals surface area contributed by atoms with Gasteiger partial charge in [0.2, 0.25) is 5.95 Å². The number of carbonyl (C=O) groups excluding carboxylic acids is 1. The Labute approximate surface area is 179 Å². The maximum absolute atomic E-state index is 12.1. The maximum atomic E-state index is 12.1. The zero-order valence-electron chi connectivity index (χ0n) is 18.2. The third kappa shape index (κ3) is 5.12. The van der Waals surface area contributed by atoms with Crippen LogP contribution in [0.15, 0.2) is 24.3 Å². The van der Waals surface area contributed by atoms with Gasteiger partial charge < -0.3 is 20.9 Å². The average Bonchev–Trinajstić information content (AvgIpc) is 3.25. The van der Waals surface area contributed by atoms with E-state index in [-0.39, 0.29) is 6.03 Å². The molecule has 2 amide bonds. The largest absolute Gasteiger partial charge is 0.362 e. The Balaban J connectivity index is 1.27. The second-order valence-corrected chi connectivity index (χ2v) is 8.98. The van der Waals surface area contributed by atoms with Crippen LogP contribution < -0.4 is 20.9 Å². The lowest BCUT2D eigenvalue weighted by Gasteiger charge is -2.29. The highest BCUT2D eigenvalue weighted by atomic mass is 16.2. The van der Waals surface area contributed by atoms with E-state index < -0.39 is 0 Å². The fourth-order valence-corrected chi connectivity index (χ4v) is 4.70. The Hall–Kier alpha value is -2.57. The standard InChI is InChI=1S/C23H34N6O/c1-29(2)21-19-9-5-6-10-20(19)27-22(28-21)25-18-13-11-16(12-14-18)15-24-23(30)26-17-7-3-4-8-17/h5-6,9-10,16-18H,3-4,7-8,11-15H2,1-2H3,(H2,24,26,30)(H,25,27,28)/t16-,18+. The monoisotopic (exact) mass is 410 g/mol. The molecule has 0 radical (unpaired) electrons. The minimum absolute atomic E-state index is 0.00271. The summed E-state index contributed by atoms with van der Waals surface area (Å²) in [6, 6.07) is 8.89. The minimum atomic E-state index is 0.00271. The molecule has 4 rings (SSSR count). The molecule has 0 unspecified atom stereocenters. The van der Waals surface area contributed by atoms with Gasteiger partial charge in [-0.2, -0.15) is 4.98 Å². The molecular weight excluding hydrogens is 376 g/mol. The first-order chi connectivity index (χ1) is 14.6. The van der Waals surface area contributed by atoms with E-state index in [1.165, 1.54) is 12.8 Å². The van der Waals surface area contributed by atoms with Gasteiger partial charge in [-0.1, -0.05) is 25.0 Å². The number of carbonyl (C=O) groups is 1. The molecule has 0 spiro atoms. The molecule has 1 aromatic heterocycles. The summed E-state index contributed by atoms with van der Waals surface area (Å²) in [6.07, 6.45) is 9.07. The summed E-state index contributed by atoms with van der Waals surface area (Å²) in [5.74, 6) is 2.19. The molecule has 0 aliphatic heterocycles. The fraction of sp³-hybridized carbons (Fsp3) is 0.609. The van der Waals surface area contributed by atoms with Gasteiger partial charge in [0.25, 0.3) is 0 Å². The Morgan fingerprint density at radius 2 is 1.73 bits per heavy atom. The molecule has 0 atom stereocenters. The molecule has 1 heterocycles. The van der Waals surface area contributed by atoms with Gasteiger partial charge >= 0.3 is 6.03 Å². The SMILES string of the molecule is CN(C)c1nc(N[C@H]2CC[C@@H](CNC(=O)NC3CCCC3)CC2)nc2ccccc12. The minimum Gasteiger partial charge on any atom is -0.362 e. The second kappa shape index (κ2) is 9.49. The molecule has 0 bridgehead atoms. The molecule has 7 heteroatoms. The van der Waals surface area contributed by atoms with E-state index in [0.29, 0.717) is 23.9 Å². The van der Waals surface area contributed by atoms with Crippen molar-refractivity contribution in [3.8, 4) is 0 Å². The zero-order chi connectivity index (χ0) is 20.9. The molecule has 2 aliphatic carbocycles. The molecule has 1 aromatic carbocycles. The van der Waals surface area contributed by atoms with Crippen molar-refractivity contribution >= 4 is 28.7 Å². The Morgan fingerprint density at radius 3 is 2.47 bits per heavy atom. The number of benzene rings is 1. The number of para-hydroxylation sites is 1. The van der Waals surface area contributed by atoms with Crippen LogP contribution in [0.4, 0.5) is 16.6 Å². The van der Waals surface area contributed by atoms with E-state index >= 15 is 0 Å². The topological polar surface area (TPSA) is 82.2 Å². The van der Waals surface area contributed by atoms with Crippen LogP contribution in [0.5, 0.6) is 0 Å². The molecule has 0 saturated heterocycles. The smallest absolute Gasteiger partial charge is 0.315 e. The molecule has 7 nitrogen and oxygen atoms in total. The summed E-state index contributed by atoms with van der Waals surface area (Å²) in [5.41, 5.74) is 0.963. The van der Waals surface area contributed by atoms with E-state index in [0.717, 1.165) is 61.8 Å². The van der Waals surface area contributed by atoms with Crippen molar-refractivity contribution in [3.63, 3.8) is 0 Å². The van der Waals surface area contributed by atoms with Gasteiger partial charge in [-0.3, -0.25) is 0 Å². The summed E-state index contributed by atoms with van der Waals surface area (Å²) in [6.45, 7) is 0.766. The number of amides is 2. The van der Waals surface area contributed by atoms with Gasteiger partial charge in [0.05, 0.1) is 5.52 Å². The molecule has 30 heavy (non-hydrogen) atoms. The van der Waals surface area contributed by atoms with E-state index in [9.17, 15) is 4.79 Å². The predicted octanol–water partition coefficient (Wildman–Crippen LogP) is 3.91. The van der Waals surface area contributed by atoms with Crippen LogP contribution in [0.3, 0.4) is 0 Å².